The first kappa shape index (κ1) is 16.5. The van der Waals surface area contributed by atoms with Gasteiger partial charge in [0.25, 0.3) is 0 Å². The fourth-order valence-electron chi connectivity index (χ4n) is 1.22. The molecule has 0 fully saturated rings. The van der Waals surface area contributed by atoms with Crippen molar-refractivity contribution in [3.05, 3.63) is 34.4 Å². The standard InChI is InChI=1S/C9F11/c10-5-2(7(12,13)14)1-3(8(15,16)17)6(11)4(5)9(18,19)20. The summed E-state index contributed by atoms with van der Waals surface area (Å²) in [6.07, 6.45) is -17.9. The second-order valence-corrected chi connectivity index (χ2v) is 3.37. The summed E-state index contributed by atoms with van der Waals surface area (Å²) in [5.41, 5.74) is -9.21. The van der Waals surface area contributed by atoms with Gasteiger partial charge in [0.05, 0.1) is 0 Å². The van der Waals surface area contributed by atoms with Gasteiger partial charge in [-0.1, -0.05) is 0 Å². The van der Waals surface area contributed by atoms with Crippen molar-refractivity contribution >= 4 is 0 Å². The lowest BCUT2D eigenvalue weighted by Gasteiger charge is -2.18. The number of hydrogen-bond donors (Lipinski definition) is 0. The number of benzene rings is 1. The Hall–Kier alpha value is -1.55. The minimum absolute atomic E-state index is 0.273. The average molecular weight is 317 g/mol. The van der Waals surface area contributed by atoms with Gasteiger partial charge in [-0.25, -0.2) is 8.78 Å². The Labute approximate surface area is 102 Å². The summed E-state index contributed by atoms with van der Waals surface area (Å²) in [6.45, 7) is 0. The molecule has 113 valence electrons. The quantitative estimate of drug-likeness (QED) is 0.602. The SMILES string of the molecule is Fc1c(C(F)(F)F)[c]c(C(F)(F)F)c(F)c1C(F)(F)F. The molecule has 0 aromatic heterocycles. The number of rotatable bonds is 0. The third-order valence-electron chi connectivity index (χ3n) is 1.98. The molecule has 0 aliphatic heterocycles. The van der Waals surface area contributed by atoms with Crippen molar-refractivity contribution in [3.63, 3.8) is 0 Å². The first-order valence-electron chi connectivity index (χ1n) is 4.33. The zero-order valence-electron chi connectivity index (χ0n) is 8.66. The molecular weight excluding hydrogens is 317 g/mol. The van der Waals surface area contributed by atoms with E-state index in [1.165, 1.54) is 0 Å². The number of alkyl halides is 9. The molecule has 1 aromatic rings. The third-order valence-corrected chi connectivity index (χ3v) is 1.98. The average Bonchev–Trinajstić information content (AvgIpc) is 2.10. The van der Waals surface area contributed by atoms with Gasteiger partial charge >= 0.3 is 18.5 Å². The molecule has 0 heterocycles. The smallest absolute Gasteiger partial charge is 0.206 e. The Morgan fingerprint density at radius 3 is 1.05 bits per heavy atom. The molecular formula is C9F11. The highest BCUT2D eigenvalue weighted by molar-refractivity contribution is 5.37. The van der Waals surface area contributed by atoms with Gasteiger partial charge in [-0.2, -0.15) is 39.5 Å². The Bertz CT molecular complexity index is 478. The van der Waals surface area contributed by atoms with E-state index in [1.807, 2.05) is 0 Å². The monoisotopic (exact) mass is 317 g/mol. The van der Waals surface area contributed by atoms with E-state index < -0.39 is 46.9 Å². The van der Waals surface area contributed by atoms with Crippen LogP contribution in [0.2, 0.25) is 0 Å². The van der Waals surface area contributed by atoms with Crippen molar-refractivity contribution in [3.8, 4) is 0 Å². The lowest BCUT2D eigenvalue weighted by Crippen LogP contribution is -2.22. The summed E-state index contributed by atoms with van der Waals surface area (Å²) in [7, 11) is 0. The fourth-order valence-corrected chi connectivity index (χ4v) is 1.22. The van der Waals surface area contributed by atoms with Gasteiger partial charge in [-0.15, -0.1) is 0 Å². The highest BCUT2D eigenvalue weighted by Gasteiger charge is 2.49. The molecule has 0 bridgehead atoms. The largest absolute Gasteiger partial charge is 0.422 e. The van der Waals surface area contributed by atoms with E-state index >= 15 is 0 Å². The van der Waals surface area contributed by atoms with E-state index in [1.54, 1.807) is 0 Å². The zero-order chi connectivity index (χ0) is 16.1. The molecule has 20 heavy (non-hydrogen) atoms. The molecule has 1 radical (unpaired) electrons. The highest BCUT2D eigenvalue weighted by Crippen LogP contribution is 2.44. The van der Waals surface area contributed by atoms with Crippen LogP contribution in [0.3, 0.4) is 0 Å². The molecule has 11 heteroatoms. The molecule has 0 N–H and O–H groups in total. The summed E-state index contributed by atoms with van der Waals surface area (Å²) in [5.74, 6) is -6.40. The maximum atomic E-state index is 13.0. The summed E-state index contributed by atoms with van der Waals surface area (Å²) in [4.78, 5) is 0. The predicted octanol–water partition coefficient (Wildman–Crippen LogP) is 4.82. The van der Waals surface area contributed by atoms with Crippen molar-refractivity contribution in [2.24, 2.45) is 0 Å². The second-order valence-electron chi connectivity index (χ2n) is 3.37. The molecule has 0 atom stereocenters. The minimum Gasteiger partial charge on any atom is -0.206 e. The van der Waals surface area contributed by atoms with Crippen LogP contribution in [-0.4, -0.2) is 0 Å². The summed E-state index contributed by atoms with van der Waals surface area (Å²) >= 11 is 0. The van der Waals surface area contributed by atoms with Crippen LogP contribution in [0.5, 0.6) is 0 Å². The maximum absolute atomic E-state index is 13.0. The highest BCUT2D eigenvalue weighted by atomic mass is 19.4. The maximum Gasteiger partial charge on any atom is 0.422 e. The summed E-state index contributed by atoms with van der Waals surface area (Å²) in [6, 6.07) is 0.273. The van der Waals surface area contributed by atoms with Crippen molar-refractivity contribution in [1.29, 1.82) is 0 Å². The van der Waals surface area contributed by atoms with Crippen LogP contribution in [0.25, 0.3) is 0 Å². The topological polar surface area (TPSA) is 0 Å². The van der Waals surface area contributed by atoms with Gasteiger partial charge in [0.1, 0.15) is 16.7 Å². The van der Waals surface area contributed by atoms with Gasteiger partial charge in [-0.05, 0) is 0 Å². The molecule has 0 nitrogen and oxygen atoms in total. The lowest BCUT2D eigenvalue weighted by atomic mass is 10.0. The van der Waals surface area contributed by atoms with Crippen molar-refractivity contribution < 1.29 is 48.3 Å². The van der Waals surface area contributed by atoms with Crippen LogP contribution in [0.4, 0.5) is 48.3 Å². The van der Waals surface area contributed by atoms with Crippen molar-refractivity contribution in [2.75, 3.05) is 0 Å². The molecule has 0 aliphatic carbocycles. The van der Waals surface area contributed by atoms with Crippen molar-refractivity contribution in [1.82, 2.24) is 0 Å². The Morgan fingerprint density at radius 1 is 0.550 bits per heavy atom. The molecule has 0 aliphatic rings. The van der Waals surface area contributed by atoms with Crippen molar-refractivity contribution in [2.45, 2.75) is 18.5 Å². The molecule has 1 aromatic carbocycles. The summed E-state index contributed by atoms with van der Waals surface area (Å²) in [5, 5.41) is 0. The second kappa shape index (κ2) is 4.48. The van der Waals surface area contributed by atoms with Crippen LogP contribution >= 0.6 is 0 Å². The normalized spacial score (nSPS) is 13.8. The van der Waals surface area contributed by atoms with Crippen LogP contribution in [0, 0.1) is 17.7 Å². The fraction of sp³-hybridized carbons (Fsp3) is 0.333. The summed E-state index contributed by atoms with van der Waals surface area (Å²) < 4.78 is 136. The number of hydrogen-bond acceptors (Lipinski definition) is 0. The molecule has 0 amide bonds. The van der Waals surface area contributed by atoms with E-state index in [0.29, 0.717) is 0 Å². The van der Waals surface area contributed by atoms with Crippen LogP contribution in [-0.2, 0) is 18.5 Å². The Kier molecular flexibility index (Phi) is 3.70. The first-order chi connectivity index (χ1) is 8.67. The lowest BCUT2D eigenvalue weighted by molar-refractivity contribution is -0.155. The first-order valence-corrected chi connectivity index (χ1v) is 4.33. The van der Waals surface area contributed by atoms with E-state index in [9.17, 15) is 48.3 Å². The van der Waals surface area contributed by atoms with Gasteiger partial charge in [0.15, 0.2) is 11.6 Å². The van der Waals surface area contributed by atoms with Crippen LogP contribution in [0.1, 0.15) is 16.7 Å². The molecule has 0 saturated carbocycles. The Morgan fingerprint density at radius 2 is 0.850 bits per heavy atom. The number of halogens is 11. The van der Waals surface area contributed by atoms with E-state index in [2.05, 4.69) is 0 Å². The minimum atomic E-state index is -6.08. The van der Waals surface area contributed by atoms with Crippen LogP contribution in [0.15, 0.2) is 0 Å². The van der Waals surface area contributed by atoms with Gasteiger partial charge < -0.3 is 0 Å². The zero-order valence-corrected chi connectivity index (χ0v) is 8.66. The molecule has 1 rings (SSSR count). The van der Waals surface area contributed by atoms with Gasteiger partial charge in [-0.3, -0.25) is 0 Å². The van der Waals surface area contributed by atoms with E-state index in [-0.39, 0.29) is 6.07 Å². The molecule has 0 unspecified atom stereocenters. The van der Waals surface area contributed by atoms with E-state index in [4.69, 9.17) is 0 Å². The molecule has 0 spiro atoms. The Balaban J connectivity index is 3.86. The predicted molar refractivity (Wildman–Crippen MR) is 40.2 cm³/mol. The van der Waals surface area contributed by atoms with Gasteiger partial charge in [0, 0.05) is 6.07 Å². The molecule has 0 saturated heterocycles. The van der Waals surface area contributed by atoms with Crippen LogP contribution < -0.4 is 0 Å². The van der Waals surface area contributed by atoms with Gasteiger partial charge in [0.2, 0.25) is 0 Å². The van der Waals surface area contributed by atoms with E-state index in [0.717, 1.165) is 0 Å². The third kappa shape index (κ3) is 2.96.